The zero-order chi connectivity index (χ0) is 29.5. The molecule has 1 aromatic heterocycles. The number of likely N-dealkylation sites (tertiary alicyclic amines) is 1. The fraction of sp³-hybridized carbons (Fsp3) is 0.367. The number of hydrogen-bond acceptors (Lipinski definition) is 9. The van der Waals surface area contributed by atoms with Crippen molar-refractivity contribution >= 4 is 45.6 Å². The van der Waals surface area contributed by atoms with Crippen LogP contribution in [0.1, 0.15) is 0 Å². The van der Waals surface area contributed by atoms with Crippen LogP contribution in [0.3, 0.4) is 0 Å². The fourth-order valence-electron chi connectivity index (χ4n) is 5.69. The maximum atomic E-state index is 15.1. The first-order valence-electron chi connectivity index (χ1n) is 14.0. The van der Waals surface area contributed by atoms with Crippen LogP contribution in [0, 0.1) is 11.7 Å². The molecule has 2 N–H and O–H groups in total. The lowest BCUT2D eigenvalue weighted by atomic mass is 10.1. The Balaban J connectivity index is 1.13. The number of carbonyl (C=O) groups is 1. The second kappa shape index (κ2) is 11.8. The number of anilines is 3. The number of ether oxygens (including phenoxy) is 4. The van der Waals surface area contributed by atoms with Gasteiger partial charge in [0.15, 0.2) is 5.83 Å². The highest BCUT2D eigenvalue weighted by Crippen LogP contribution is 2.45. The van der Waals surface area contributed by atoms with Gasteiger partial charge in [-0.3, -0.25) is 9.69 Å². The molecule has 3 saturated heterocycles. The second-order valence-electron chi connectivity index (χ2n) is 10.8. The maximum absolute atomic E-state index is 15.1. The summed E-state index contributed by atoms with van der Waals surface area (Å²) in [6.45, 7) is 4.12. The molecule has 7 rings (SSSR count). The van der Waals surface area contributed by atoms with E-state index in [9.17, 15) is 9.18 Å². The summed E-state index contributed by atoms with van der Waals surface area (Å²) in [6.07, 6.45) is 2.54. The molecule has 224 valence electrons. The molecular formula is C30H28ClF2N5O5. The van der Waals surface area contributed by atoms with Crippen molar-refractivity contribution in [2.45, 2.75) is 12.2 Å². The van der Waals surface area contributed by atoms with Crippen molar-refractivity contribution < 1.29 is 32.5 Å². The minimum absolute atomic E-state index is 0.0408. The minimum atomic E-state index is -0.926. The molecule has 1 aliphatic carbocycles. The number of aromatic nitrogens is 2. The third-order valence-electron chi connectivity index (χ3n) is 8.05. The highest BCUT2D eigenvalue weighted by molar-refractivity contribution is 6.31. The molecule has 3 atom stereocenters. The Kier molecular flexibility index (Phi) is 7.70. The van der Waals surface area contributed by atoms with Crippen LogP contribution in [0.15, 0.2) is 59.7 Å². The van der Waals surface area contributed by atoms with Crippen molar-refractivity contribution in [2.75, 3.05) is 63.3 Å². The topological polar surface area (TPSA) is 107 Å². The Morgan fingerprint density at radius 2 is 1.98 bits per heavy atom. The summed E-state index contributed by atoms with van der Waals surface area (Å²) in [6, 6.07) is 7.49. The van der Waals surface area contributed by atoms with Gasteiger partial charge in [-0.15, -0.1) is 0 Å². The molecule has 4 aliphatic rings. The lowest BCUT2D eigenvalue weighted by molar-refractivity contribution is -0.116. The van der Waals surface area contributed by atoms with Crippen molar-refractivity contribution in [3.8, 4) is 5.75 Å². The molecule has 43 heavy (non-hydrogen) atoms. The quantitative estimate of drug-likeness (QED) is 0.269. The maximum Gasteiger partial charge on any atom is 0.284 e. The van der Waals surface area contributed by atoms with E-state index < -0.39 is 17.6 Å². The van der Waals surface area contributed by atoms with Gasteiger partial charge in [-0.05, 0) is 41.5 Å². The van der Waals surface area contributed by atoms with E-state index in [0.717, 1.165) is 0 Å². The number of fused-ring (bicyclic) bond motifs is 3. The molecule has 3 unspecified atom stereocenters. The third-order valence-corrected chi connectivity index (χ3v) is 8.34. The molecule has 13 heteroatoms. The van der Waals surface area contributed by atoms with Gasteiger partial charge in [0, 0.05) is 42.7 Å². The molecule has 0 radical (unpaired) electrons. The van der Waals surface area contributed by atoms with Crippen LogP contribution in [0.25, 0.3) is 10.9 Å². The molecule has 4 heterocycles. The van der Waals surface area contributed by atoms with Gasteiger partial charge in [-0.2, -0.15) is 0 Å². The molecule has 2 aromatic carbocycles. The number of amides is 1. The molecular weight excluding hydrogens is 584 g/mol. The highest BCUT2D eigenvalue weighted by atomic mass is 35.5. The van der Waals surface area contributed by atoms with E-state index in [2.05, 4.69) is 20.6 Å². The Labute approximate surface area is 250 Å². The number of carbonyl (C=O) groups excluding carboxylic acids is 1. The largest absolute Gasteiger partial charge is 0.487 e. The van der Waals surface area contributed by atoms with Crippen LogP contribution in [-0.4, -0.2) is 85.7 Å². The van der Waals surface area contributed by atoms with Gasteiger partial charge in [0.2, 0.25) is 0 Å². The summed E-state index contributed by atoms with van der Waals surface area (Å²) in [5.41, 5.74) is 3.68. The van der Waals surface area contributed by atoms with Crippen molar-refractivity contribution in [3.05, 3.63) is 70.5 Å². The van der Waals surface area contributed by atoms with Gasteiger partial charge < -0.3 is 29.6 Å². The van der Waals surface area contributed by atoms with Crippen LogP contribution in [0.2, 0.25) is 5.02 Å². The van der Waals surface area contributed by atoms with Crippen LogP contribution < -0.4 is 15.4 Å². The fourth-order valence-corrected chi connectivity index (χ4v) is 5.87. The van der Waals surface area contributed by atoms with Crippen molar-refractivity contribution in [2.24, 2.45) is 5.92 Å². The van der Waals surface area contributed by atoms with Gasteiger partial charge in [-0.25, -0.2) is 18.7 Å². The predicted octanol–water partition coefficient (Wildman–Crippen LogP) is 4.39. The molecule has 10 nitrogen and oxygen atoms in total. The summed E-state index contributed by atoms with van der Waals surface area (Å²) in [4.78, 5) is 23.7. The molecule has 3 aliphatic heterocycles. The normalized spacial score (nSPS) is 23.3. The zero-order valence-electron chi connectivity index (χ0n) is 22.9. The van der Waals surface area contributed by atoms with Gasteiger partial charge in [-0.1, -0.05) is 11.6 Å². The van der Waals surface area contributed by atoms with Crippen molar-refractivity contribution in [1.29, 1.82) is 0 Å². The molecule has 3 fully saturated rings. The highest BCUT2D eigenvalue weighted by Gasteiger charge is 2.41. The molecule has 3 aromatic rings. The monoisotopic (exact) mass is 611 g/mol. The lowest BCUT2D eigenvalue weighted by Gasteiger charge is -2.24. The van der Waals surface area contributed by atoms with Crippen LogP contribution in [-0.2, 0) is 19.0 Å². The number of nitrogens with zero attached hydrogens (tertiary/aromatic N) is 3. The summed E-state index contributed by atoms with van der Waals surface area (Å²) < 4.78 is 51.8. The first-order valence-corrected chi connectivity index (χ1v) is 14.4. The summed E-state index contributed by atoms with van der Waals surface area (Å²) in [5.74, 6) is -1.36. The van der Waals surface area contributed by atoms with E-state index in [1.165, 1.54) is 41.7 Å². The molecule has 0 bridgehead atoms. The lowest BCUT2D eigenvalue weighted by Crippen LogP contribution is -2.36. The molecule has 1 amide bonds. The summed E-state index contributed by atoms with van der Waals surface area (Å²) >= 11 is 5.95. The summed E-state index contributed by atoms with van der Waals surface area (Å²) in [5, 5.41) is 6.24. The molecule has 0 saturated carbocycles. The SMILES string of the molecule is O=C(Nc1cc2c(Nc3ccc(F)c(Cl)c3)ncnc2cc1OCC1=C2COCC21)C(F)=CCN1CC2OCCOC2C1. The van der Waals surface area contributed by atoms with Crippen LogP contribution in [0.5, 0.6) is 5.75 Å². The van der Waals surface area contributed by atoms with E-state index in [1.807, 2.05) is 4.90 Å². The minimum Gasteiger partial charge on any atom is -0.487 e. The molecule has 0 spiro atoms. The van der Waals surface area contributed by atoms with Crippen molar-refractivity contribution in [3.63, 3.8) is 0 Å². The van der Waals surface area contributed by atoms with E-state index in [4.69, 9.17) is 30.5 Å². The van der Waals surface area contributed by atoms with E-state index in [1.54, 1.807) is 12.1 Å². The third kappa shape index (κ3) is 5.93. The Morgan fingerprint density at radius 1 is 1.16 bits per heavy atom. The average Bonchev–Trinajstić information content (AvgIpc) is 3.31. The van der Waals surface area contributed by atoms with E-state index >= 15 is 4.39 Å². The smallest absolute Gasteiger partial charge is 0.284 e. The number of benzene rings is 2. The predicted molar refractivity (Wildman–Crippen MR) is 155 cm³/mol. The van der Waals surface area contributed by atoms with Gasteiger partial charge >= 0.3 is 0 Å². The van der Waals surface area contributed by atoms with Gasteiger partial charge in [0.05, 0.1) is 54.9 Å². The average molecular weight is 612 g/mol. The number of rotatable bonds is 9. The van der Waals surface area contributed by atoms with Crippen molar-refractivity contribution in [1.82, 2.24) is 14.9 Å². The Morgan fingerprint density at radius 3 is 2.72 bits per heavy atom. The number of halogens is 3. The summed E-state index contributed by atoms with van der Waals surface area (Å²) in [7, 11) is 0. The number of hydrogen-bond donors (Lipinski definition) is 2. The Hall–Kier alpha value is -3.68. The van der Waals surface area contributed by atoms with E-state index in [0.29, 0.717) is 80.2 Å². The van der Waals surface area contributed by atoms with Gasteiger partial charge in [0.1, 0.15) is 30.3 Å². The first-order chi connectivity index (χ1) is 20.9. The standard InChI is InChI=1S/C30H28ClF2N5O5/c31-21-7-16(1-2-22(21)32)36-29-17-8-25(26(9-24(17)34-15-35-29)43-14-20-18-12-40-13-19(18)20)37-30(39)23(33)3-4-38-10-27-28(11-38)42-6-5-41-27/h1-3,7-9,15,18,27-28H,4-6,10-14H2,(H,37,39)(H,34,35,36). The van der Waals surface area contributed by atoms with Crippen LogP contribution in [0.4, 0.5) is 26.0 Å². The second-order valence-corrected chi connectivity index (χ2v) is 11.2. The zero-order valence-corrected chi connectivity index (χ0v) is 23.7. The van der Waals surface area contributed by atoms with Crippen LogP contribution >= 0.6 is 11.6 Å². The first kappa shape index (κ1) is 28.1. The van der Waals surface area contributed by atoms with Gasteiger partial charge in [0.25, 0.3) is 5.91 Å². The Bertz CT molecular complexity index is 1640. The number of nitrogens with one attached hydrogen (secondary N) is 2. The van der Waals surface area contributed by atoms with E-state index in [-0.39, 0.29) is 29.5 Å².